The van der Waals surface area contributed by atoms with Gasteiger partial charge in [0.05, 0.1) is 0 Å². The van der Waals surface area contributed by atoms with Crippen LogP contribution in [-0.2, 0) is 4.57 Å². The number of phenols is 1. The molecule has 0 fully saturated rings. The Morgan fingerprint density at radius 1 is 1.12 bits per heavy atom. The maximum atomic E-state index is 10.5. The van der Waals surface area contributed by atoms with Crippen molar-refractivity contribution >= 4 is 8.69 Å². The number of hydrogen-bond acceptors (Lipinski definition) is 3. The van der Waals surface area contributed by atoms with Crippen LogP contribution in [0.2, 0.25) is 0 Å². The van der Waals surface area contributed by atoms with Crippen LogP contribution in [-0.4, -0.2) is 5.11 Å². The molecular weight excluding hydrogens is 235 g/mol. The van der Waals surface area contributed by atoms with E-state index >= 15 is 0 Å². The van der Waals surface area contributed by atoms with Gasteiger partial charge in [-0.3, -0.25) is 0 Å². The minimum Gasteiger partial charge on any atom is -0.508 e. The zero-order chi connectivity index (χ0) is 12.3. The zero-order valence-corrected chi connectivity index (χ0v) is 10.1. The molecule has 1 N–H and O–H groups in total. The molecule has 0 saturated carbocycles. The van der Waals surface area contributed by atoms with Gasteiger partial charge in [-0.1, -0.05) is 24.3 Å². The molecule has 0 heterocycles. The highest BCUT2D eigenvalue weighted by Gasteiger charge is 2.07. The Balaban J connectivity index is 2.48. The number of benzene rings is 2. The average molecular weight is 246 g/mol. The van der Waals surface area contributed by atoms with Crippen molar-refractivity contribution in [1.82, 2.24) is 0 Å². The number of phenolic OH excluding ortho intramolecular Hbond substituents is 1. The number of rotatable bonds is 3. The minimum atomic E-state index is -0.361. The smallest absolute Gasteiger partial charge is 0.395 e. The lowest BCUT2D eigenvalue weighted by atomic mass is 10.00. The van der Waals surface area contributed by atoms with E-state index in [0.29, 0.717) is 5.75 Å². The van der Waals surface area contributed by atoms with Crippen molar-refractivity contribution in [3.8, 4) is 22.6 Å². The van der Waals surface area contributed by atoms with E-state index in [1.54, 1.807) is 18.2 Å². The maximum absolute atomic E-state index is 10.5. The fraction of sp³-hybridized carbons (Fsp3) is 0.0769. The Morgan fingerprint density at radius 2 is 1.82 bits per heavy atom. The number of aromatic hydroxyl groups is 1. The molecule has 3 nitrogen and oxygen atoms in total. The molecule has 0 aliphatic carbocycles. The molecule has 0 saturated heterocycles. The van der Waals surface area contributed by atoms with Gasteiger partial charge in [0.25, 0.3) is 0 Å². The third-order valence-electron chi connectivity index (χ3n) is 2.60. The molecule has 0 bridgehead atoms. The van der Waals surface area contributed by atoms with E-state index in [0.717, 1.165) is 16.7 Å². The predicted octanol–water partition coefficient (Wildman–Crippen LogP) is 3.95. The van der Waals surface area contributed by atoms with Gasteiger partial charge in [-0.25, -0.2) is 4.57 Å². The Bertz CT molecular complexity index is 535. The Morgan fingerprint density at radius 3 is 2.47 bits per heavy atom. The zero-order valence-electron chi connectivity index (χ0n) is 9.25. The summed E-state index contributed by atoms with van der Waals surface area (Å²) in [6, 6.07) is 12.5. The normalized spacial score (nSPS) is 10.4. The van der Waals surface area contributed by atoms with E-state index < -0.39 is 0 Å². The molecule has 0 radical (unpaired) electrons. The standard InChI is InChI=1S/C13H11O3P/c1-9-12(3-2-4-13(9)16-17-15)10-5-7-11(14)8-6-10/h2-8,14H,1H3. The summed E-state index contributed by atoms with van der Waals surface area (Å²) < 4.78 is 15.5. The van der Waals surface area contributed by atoms with Gasteiger partial charge >= 0.3 is 8.69 Å². The van der Waals surface area contributed by atoms with Crippen LogP contribution in [0.25, 0.3) is 11.1 Å². The summed E-state index contributed by atoms with van der Waals surface area (Å²) in [5.74, 6) is 0.823. The highest BCUT2D eigenvalue weighted by atomic mass is 31.1. The first-order chi connectivity index (χ1) is 8.22. The second-order valence-corrected chi connectivity index (χ2v) is 3.97. The van der Waals surface area contributed by atoms with Crippen molar-refractivity contribution < 1.29 is 14.2 Å². The van der Waals surface area contributed by atoms with E-state index in [4.69, 9.17) is 4.52 Å². The first-order valence-electron chi connectivity index (χ1n) is 5.11. The van der Waals surface area contributed by atoms with Crippen LogP contribution >= 0.6 is 8.69 Å². The molecule has 2 aromatic rings. The molecule has 0 spiro atoms. The van der Waals surface area contributed by atoms with Crippen molar-refractivity contribution in [2.24, 2.45) is 0 Å². The van der Waals surface area contributed by atoms with Crippen LogP contribution < -0.4 is 4.52 Å². The van der Waals surface area contributed by atoms with Crippen LogP contribution in [0.4, 0.5) is 0 Å². The monoisotopic (exact) mass is 246 g/mol. The topological polar surface area (TPSA) is 46.5 Å². The van der Waals surface area contributed by atoms with Crippen molar-refractivity contribution in [3.63, 3.8) is 0 Å². The van der Waals surface area contributed by atoms with Gasteiger partial charge in [0.15, 0.2) is 0 Å². The van der Waals surface area contributed by atoms with Gasteiger partial charge in [-0.15, -0.1) is 0 Å². The molecule has 17 heavy (non-hydrogen) atoms. The first kappa shape index (κ1) is 11.6. The van der Waals surface area contributed by atoms with Crippen molar-refractivity contribution in [3.05, 3.63) is 48.0 Å². The van der Waals surface area contributed by atoms with Crippen LogP contribution in [0.5, 0.6) is 11.5 Å². The lowest BCUT2D eigenvalue weighted by Crippen LogP contribution is -1.86. The average Bonchev–Trinajstić information content (AvgIpc) is 2.34. The van der Waals surface area contributed by atoms with Crippen molar-refractivity contribution in [1.29, 1.82) is 0 Å². The highest BCUT2D eigenvalue weighted by molar-refractivity contribution is 7.17. The molecule has 0 unspecified atom stereocenters. The van der Waals surface area contributed by atoms with Crippen molar-refractivity contribution in [2.75, 3.05) is 0 Å². The van der Waals surface area contributed by atoms with Crippen LogP contribution in [0.15, 0.2) is 42.5 Å². The molecule has 86 valence electrons. The quantitative estimate of drug-likeness (QED) is 0.834. The van der Waals surface area contributed by atoms with E-state index in [1.807, 2.05) is 31.2 Å². The van der Waals surface area contributed by atoms with Gasteiger partial charge in [0.2, 0.25) is 0 Å². The van der Waals surface area contributed by atoms with E-state index in [9.17, 15) is 9.67 Å². The number of hydrogen-bond donors (Lipinski definition) is 1. The largest absolute Gasteiger partial charge is 0.508 e. The van der Waals surface area contributed by atoms with Gasteiger partial charge in [-0.05, 0) is 41.8 Å². The van der Waals surface area contributed by atoms with Crippen LogP contribution in [0, 0.1) is 6.92 Å². The highest BCUT2D eigenvalue weighted by Crippen LogP contribution is 2.31. The molecule has 2 aromatic carbocycles. The summed E-state index contributed by atoms with van der Waals surface area (Å²) >= 11 is 0. The van der Waals surface area contributed by atoms with Crippen LogP contribution in [0.1, 0.15) is 5.56 Å². The molecule has 0 amide bonds. The third kappa shape index (κ3) is 2.45. The fourth-order valence-corrected chi connectivity index (χ4v) is 1.99. The van der Waals surface area contributed by atoms with Gasteiger partial charge < -0.3 is 9.63 Å². The van der Waals surface area contributed by atoms with E-state index in [2.05, 4.69) is 0 Å². The lowest BCUT2D eigenvalue weighted by Gasteiger charge is -2.09. The van der Waals surface area contributed by atoms with Crippen molar-refractivity contribution in [2.45, 2.75) is 6.92 Å². The predicted molar refractivity (Wildman–Crippen MR) is 66.5 cm³/mol. The fourth-order valence-electron chi connectivity index (χ4n) is 1.71. The second kappa shape index (κ2) is 4.98. The Kier molecular flexibility index (Phi) is 3.40. The summed E-state index contributed by atoms with van der Waals surface area (Å²) in [6.07, 6.45) is 0. The Labute approximate surface area is 101 Å². The first-order valence-corrected chi connectivity index (χ1v) is 5.84. The molecule has 0 aliphatic heterocycles. The van der Waals surface area contributed by atoms with Gasteiger partial charge in [0.1, 0.15) is 11.5 Å². The summed E-state index contributed by atoms with van der Waals surface area (Å²) in [4.78, 5) is 0. The molecule has 0 aliphatic rings. The molecular formula is C13H11O3P. The summed E-state index contributed by atoms with van der Waals surface area (Å²) in [7, 11) is -0.361. The molecule has 2 rings (SSSR count). The van der Waals surface area contributed by atoms with E-state index in [1.165, 1.54) is 0 Å². The van der Waals surface area contributed by atoms with E-state index in [-0.39, 0.29) is 14.4 Å². The van der Waals surface area contributed by atoms with Gasteiger partial charge in [-0.2, -0.15) is 0 Å². The lowest BCUT2D eigenvalue weighted by molar-refractivity contribution is 0.475. The maximum Gasteiger partial charge on any atom is 0.395 e. The summed E-state index contributed by atoms with van der Waals surface area (Å²) in [5.41, 5.74) is 2.89. The van der Waals surface area contributed by atoms with Crippen LogP contribution in [0.3, 0.4) is 0 Å². The molecule has 0 atom stereocenters. The molecule has 4 heteroatoms. The summed E-state index contributed by atoms with van der Waals surface area (Å²) in [5, 5.41) is 9.24. The molecule has 0 aromatic heterocycles. The summed E-state index contributed by atoms with van der Waals surface area (Å²) in [6.45, 7) is 1.91. The Hall–Kier alpha value is -1.86. The van der Waals surface area contributed by atoms with Gasteiger partial charge in [0, 0.05) is 0 Å². The minimum absolute atomic E-state index is 0.233. The SMILES string of the molecule is Cc1c(OP=O)cccc1-c1ccc(O)cc1. The second-order valence-electron chi connectivity index (χ2n) is 3.64. The third-order valence-corrected chi connectivity index (χ3v) is 2.87.